The molecule has 2 atom stereocenters. The molecule has 90 valence electrons. The van der Waals surface area contributed by atoms with Crippen LogP contribution in [0.4, 0.5) is 0 Å². The van der Waals surface area contributed by atoms with Gasteiger partial charge in [-0.05, 0) is 76.3 Å². The van der Waals surface area contributed by atoms with E-state index in [9.17, 15) is 0 Å². The van der Waals surface area contributed by atoms with Crippen molar-refractivity contribution >= 4 is 15.9 Å². The minimum absolute atomic E-state index is 0.541. The molecule has 4 saturated carbocycles. The van der Waals surface area contributed by atoms with Crippen LogP contribution in [-0.2, 0) is 0 Å². The summed E-state index contributed by atoms with van der Waals surface area (Å²) in [6.07, 6.45) is 11.9. The summed E-state index contributed by atoms with van der Waals surface area (Å²) in [6, 6.07) is 0. The normalized spacial score (nSPS) is 56.1. The number of halogens is 1. The molecule has 2 heteroatoms. The SMILES string of the molecule is BrC12CC3CC(C1)CC(N1CCCC1)(C3)C2. The van der Waals surface area contributed by atoms with Crippen molar-refractivity contribution in [3.05, 3.63) is 0 Å². The van der Waals surface area contributed by atoms with E-state index < -0.39 is 0 Å². The largest absolute Gasteiger partial charge is 0.298 e. The third-order valence-electron chi connectivity index (χ3n) is 5.74. The van der Waals surface area contributed by atoms with Crippen LogP contribution in [0.25, 0.3) is 0 Å². The van der Waals surface area contributed by atoms with E-state index in [1.54, 1.807) is 6.42 Å². The monoisotopic (exact) mass is 283 g/mol. The molecule has 0 N–H and O–H groups in total. The van der Waals surface area contributed by atoms with Crippen LogP contribution in [0.3, 0.4) is 0 Å². The van der Waals surface area contributed by atoms with Crippen LogP contribution >= 0.6 is 15.9 Å². The van der Waals surface area contributed by atoms with Gasteiger partial charge in [-0.2, -0.15) is 0 Å². The van der Waals surface area contributed by atoms with Crippen LogP contribution in [-0.4, -0.2) is 27.9 Å². The van der Waals surface area contributed by atoms with Crippen LogP contribution in [0.15, 0.2) is 0 Å². The second kappa shape index (κ2) is 3.26. The zero-order valence-electron chi connectivity index (χ0n) is 10.1. The molecule has 4 aliphatic carbocycles. The molecule has 0 aromatic rings. The summed E-state index contributed by atoms with van der Waals surface area (Å²) >= 11 is 4.11. The van der Waals surface area contributed by atoms with E-state index in [4.69, 9.17) is 0 Å². The predicted octanol–water partition coefficient (Wildman–Crippen LogP) is 3.57. The lowest BCUT2D eigenvalue weighted by molar-refractivity contribution is -0.0662. The Morgan fingerprint density at radius 3 is 2.12 bits per heavy atom. The van der Waals surface area contributed by atoms with Crippen molar-refractivity contribution in [2.75, 3.05) is 13.1 Å². The highest BCUT2D eigenvalue weighted by Crippen LogP contribution is 2.62. The van der Waals surface area contributed by atoms with Gasteiger partial charge < -0.3 is 0 Å². The lowest BCUT2D eigenvalue weighted by Gasteiger charge is -2.63. The van der Waals surface area contributed by atoms with Crippen molar-refractivity contribution < 1.29 is 0 Å². The molecule has 1 aliphatic heterocycles. The van der Waals surface area contributed by atoms with Crippen LogP contribution < -0.4 is 0 Å². The molecular weight excluding hydrogens is 262 g/mol. The van der Waals surface area contributed by atoms with Crippen molar-refractivity contribution in [3.63, 3.8) is 0 Å². The van der Waals surface area contributed by atoms with Gasteiger partial charge in [0.1, 0.15) is 0 Å². The quantitative estimate of drug-likeness (QED) is 0.665. The lowest BCUT2D eigenvalue weighted by atomic mass is 9.52. The first-order valence-electron chi connectivity index (χ1n) is 7.12. The molecular formula is C14H22BrN. The minimum atomic E-state index is 0.541. The molecule has 0 spiro atoms. The highest BCUT2D eigenvalue weighted by atomic mass is 79.9. The fraction of sp³-hybridized carbons (Fsp3) is 1.00. The molecule has 5 aliphatic rings. The zero-order chi connectivity index (χ0) is 10.8. The Kier molecular flexibility index (Phi) is 2.11. The van der Waals surface area contributed by atoms with Gasteiger partial charge in [-0.15, -0.1) is 0 Å². The summed E-state index contributed by atoms with van der Waals surface area (Å²) in [6.45, 7) is 2.78. The first-order valence-corrected chi connectivity index (χ1v) is 7.91. The average molecular weight is 284 g/mol. The maximum Gasteiger partial charge on any atom is 0.0280 e. The Labute approximate surface area is 107 Å². The molecule has 5 rings (SSSR count). The van der Waals surface area contributed by atoms with Gasteiger partial charge in [0.2, 0.25) is 0 Å². The van der Waals surface area contributed by atoms with E-state index >= 15 is 0 Å². The Balaban J connectivity index is 1.68. The van der Waals surface area contributed by atoms with Crippen molar-refractivity contribution in [3.8, 4) is 0 Å². The van der Waals surface area contributed by atoms with E-state index in [1.165, 1.54) is 58.0 Å². The second-order valence-electron chi connectivity index (χ2n) is 7.03. The molecule has 1 nitrogen and oxygen atoms in total. The maximum absolute atomic E-state index is 4.11. The van der Waals surface area contributed by atoms with Gasteiger partial charge in [0, 0.05) is 9.86 Å². The van der Waals surface area contributed by atoms with Crippen molar-refractivity contribution in [2.45, 2.75) is 61.2 Å². The van der Waals surface area contributed by atoms with Crippen LogP contribution in [0.5, 0.6) is 0 Å². The highest BCUT2D eigenvalue weighted by Gasteiger charge is 2.58. The molecule has 2 unspecified atom stereocenters. The summed E-state index contributed by atoms with van der Waals surface area (Å²) in [5.74, 6) is 2.09. The topological polar surface area (TPSA) is 3.24 Å². The van der Waals surface area contributed by atoms with E-state index in [-0.39, 0.29) is 0 Å². The lowest BCUT2D eigenvalue weighted by Crippen LogP contribution is -2.63. The van der Waals surface area contributed by atoms with Gasteiger partial charge in [0.15, 0.2) is 0 Å². The molecule has 0 amide bonds. The Hall–Kier alpha value is 0.440. The first-order chi connectivity index (χ1) is 7.68. The number of alkyl halides is 1. The Bertz CT molecular complexity index is 294. The predicted molar refractivity (Wildman–Crippen MR) is 69.9 cm³/mol. The van der Waals surface area contributed by atoms with Gasteiger partial charge in [-0.25, -0.2) is 0 Å². The number of hydrogen-bond donors (Lipinski definition) is 0. The minimum Gasteiger partial charge on any atom is -0.298 e. The highest BCUT2D eigenvalue weighted by molar-refractivity contribution is 9.10. The summed E-state index contributed by atoms with van der Waals surface area (Å²) in [7, 11) is 0. The molecule has 1 saturated heterocycles. The van der Waals surface area contributed by atoms with Crippen molar-refractivity contribution in [1.29, 1.82) is 0 Å². The van der Waals surface area contributed by atoms with Gasteiger partial charge in [-0.3, -0.25) is 4.90 Å². The van der Waals surface area contributed by atoms with Gasteiger partial charge in [0.25, 0.3) is 0 Å². The summed E-state index contributed by atoms with van der Waals surface area (Å²) in [4.78, 5) is 2.88. The number of hydrogen-bond acceptors (Lipinski definition) is 1. The Morgan fingerprint density at radius 2 is 1.56 bits per heavy atom. The average Bonchev–Trinajstić information content (AvgIpc) is 2.65. The second-order valence-corrected chi connectivity index (χ2v) is 8.71. The van der Waals surface area contributed by atoms with Gasteiger partial charge in [0.05, 0.1) is 0 Å². The van der Waals surface area contributed by atoms with Crippen LogP contribution in [0, 0.1) is 11.8 Å². The molecule has 4 bridgehead atoms. The molecule has 0 radical (unpaired) electrons. The van der Waals surface area contributed by atoms with Crippen molar-refractivity contribution in [2.24, 2.45) is 11.8 Å². The fourth-order valence-electron chi connectivity index (χ4n) is 5.67. The molecule has 0 aromatic carbocycles. The fourth-order valence-corrected chi connectivity index (χ4v) is 7.10. The summed E-state index contributed by atoms with van der Waals surface area (Å²) < 4.78 is 0.541. The molecule has 5 fully saturated rings. The molecule has 0 aromatic heterocycles. The smallest absolute Gasteiger partial charge is 0.0280 e. The van der Waals surface area contributed by atoms with Crippen LogP contribution in [0.1, 0.15) is 51.4 Å². The number of rotatable bonds is 1. The van der Waals surface area contributed by atoms with Crippen molar-refractivity contribution in [1.82, 2.24) is 4.90 Å². The first kappa shape index (κ1) is 10.4. The third kappa shape index (κ3) is 1.38. The standard InChI is InChI=1S/C14H22BrN/c15-13-6-11-5-12(7-13)9-14(8-11,10-13)16-3-1-2-4-16/h11-12H,1-10H2. The van der Waals surface area contributed by atoms with E-state index in [2.05, 4.69) is 20.8 Å². The number of likely N-dealkylation sites (tertiary alicyclic amines) is 1. The maximum atomic E-state index is 4.11. The van der Waals surface area contributed by atoms with E-state index in [0.29, 0.717) is 9.86 Å². The molecule has 1 heterocycles. The number of nitrogens with zero attached hydrogens (tertiary/aromatic N) is 1. The molecule has 16 heavy (non-hydrogen) atoms. The van der Waals surface area contributed by atoms with Gasteiger partial charge in [-0.1, -0.05) is 15.9 Å². The third-order valence-corrected chi connectivity index (χ3v) is 6.66. The van der Waals surface area contributed by atoms with E-state index in [1.807, 2.05) is 0 Å². The summed E-state index contributed by atoms with van der Waals surface area (Å²) in [5.41, 5.74) is 0.629. The Morgan fingerprint density at radius 1 is 0.938 bits per heavy atom. The zero-order valence-corrected chi connectivity index (χ0v) is 11.6. The van der Waals surface area contributed by atoms with Crippen LogP contribution in [0.2, 0.25) is 0 Å². The summed E-state index contributed by atoms with van der Waals surface area (Å²) in [5, 5.41) is 0. The van der Waals surface area contributed by atoms with Gasteiger partial charge >= 0.3 is 0 Å². The van der Waals surface area contributed by atoms with E-state index in [0.717, 1.165) is 11.8 Å².